The molecule has 0 bridgehead atoms. The smallest absolute Gasteiger partial charge is 0.295 e. The number of hydrogen-bond donors (Lipinski definition) is 1. The first-order valence-electron chi connectivity index (χ1n) is 7.84. The molecule has 0 spiro atoms. The summed E-state index contributed by atoms with van der Waals surface area (Å²) >= 11 is 3.31. The lowest BCUT2D eigenvalue weighted by Crippen LogP contribution is -2.29. The maximum atomic E-state index is 13.3. The number of likely N-dealkylation sites (tertiary alicyclic amines) is 1. The van der Waals surface area contributed by atoms with Gasteiger partial charge in [-0.1, -0.05) is 46.3 Å². The number of rotatable bonds is 4. The number of ketones is 1. The van der Waals surface area contributed by atoms with Gasteiger partial charge in [0.05, 0.1) is 11.6 Å². The highest BCUT2D eigenvalue weighted by Crippen LogP contribution is 2.39. The van der Waals surface area contributed by atoms with Crippen molar-refractivity contribution in [1.82, 2.24) is 4.90 Å². The molecule has 132 valence electrons. The highest BCUT2D eigenvalue weighted by molar-refractivity contribution is 9.10. The largest absolute Gasteiger partial charge is 0.507 e. The minimum absolute atomic E-state index is 0.0224. The van der Waals surface area contributed by atoms with Gasteiger partial charge in [-0.25, -0.2) is 4.39 Å². The molecule has 6 heteroatoms. The lowest BCUT2D eigenvalue weighted by Gasteiger charge is -2.24. The molecule has 0 saturated carbocycles. The molecule has 1 heterocycles. The summed E-state index contributed by atoms with van der Waals surface area (Å²) in [7, 11) is 0. The zero-order valence-electron chi connectivity index (χ0n) is 13.7. The molecule has 0 aliphatic carbocycles. The van der Waals surface area contributed by atoms with Gasteiger partial charge in [-0.3, -0.25) is 9.59 Å². The number of amides is 1. The second-order valence-corrected chi connectivity index (χ2v) is 6.71. The van der Waals surface area contributed by atoms with Crippen LogP contribution in [0.1, 0.15) is 17.2 Å². The van der Waals surface area contributed by atoms with E-state index in [1.165, 1.54) is 35.2 Å². The fourth-order valence-electron chi connectivity index (χ4n) is 2.96. The fraction of sp³-hybridized carbons (Fsp3) is 0.100. The predicted molar refractivity (Wildman–Crippen MR) is 99.7 cm³/mol. The van der Waals surface area contributed by atoms with Crippen molar-refractivity contribution >= 4 is 33.4 Å². The van der Waals surface area contributed by atoms with Gasteiger partial charge in [0.2, 0.25) is 0 Å². The first kappa shape index (κ1) is 18.1. The van der Waals surface area contributed by atoms with Crippen LogP contribution in [0.3, 0.4) is 0 Å². The van der Waals surface area contributed by atoms with Crippen LogP contribution in [0.5, 0.6) is 0 Å². The molecule has 1 aliphatic heterocycles. The molecule has 1 fully saturated rings. The van der Waals surface area contributed by atoms with Crippen LogP contribution in [-0.2, 0) is 9.59 Å². The van der Waals surface area contributed by atoms with Crippen LogP contribution in [0, 0.1) is 5.82 Å². The van der Waals surface area contributed by atoms with Gasteiger partial charge < -0.3 is 10.0 Å². The van der Waals surface area contributed by atoms with Crippen molar-refractivity contribution in [3.63, 3.8) is 0 Å². The van der Waals surface area contributed by atoms with E-state index in [-0.39, 0.29) is 17.9 Å². The maximum absolute atomic E-state index is 13.3. The number of carbonyl (C=O) groups is 2. The first-order valence-corrected chi connectivity index (χ1v) is 8.64. The van der Waals surface area contributed by atoms with Gasteiger partial charge in [-0.05, 0) is 29.8 Å². The van der Waals surface area contributed by atoms with E-state index in [1.54, 1.807) is 24.3 Å². The third kappa shape index (κ3) is 3.20. The zero-order valence-corrected chi connectivity index (χ0v) is 15.2. The summed E-state index contributed by atoms with van der Waals surface area (Å²) in [6.07, 6.45) is 1.50. The number of aliphatic hydroxyl groups is 1. The number of nitrogens with zero attached hydrogens (tertiary/aromatic N) is 1. The molecule has 0 radical (unpaired) electrons. The summed E-state index contributed by atoms with van der Waals surface area (Å²) in [6.45, 7) is 3.74. The Morgan fingerprint density at radius 3 is 2.35 bits per heavy atom. The van der Waals surface area contributed by atoms with Gasteiger partial charge in [-0.2, -0.15) is 0 Å². The van der Waals surface area contributed by atoms with Crippen LogP contribution in [0.2, 0.25) is 0 Å². The van der Waals surface area contributed by atoms with Crippen molar-refractivity contribution in [3.8, 4) is 0 Å². The average molecular weight is 416 g/mol. The van der Waals surface area contributed by atoms with Crippen LogP contribution in [0.15, 0.2) is 71.2 Å². The Hall–Kier alpha value is -2.73. The normalized spacial score (nSPS) is 19.0. The van der Waals surface area contributed by atoms with E-state index in [0.29, 0.717) is 11.1 Å². The van der Waals surface area contributed by atoms with Crippen LogP contribution < -0.4 is 0 Å². The number of Topliss-reactive ketones (excluding diaryl/α,β-unsaturated/α-hetero) is 1. The average Bonchev–Trinajstić information content (AvgIpc) is 2.88. The Morgan fingerprint density at radius 1 is 1.15 bits per heavy atom. The van der Waals surface area contributed by atoms with Gasteiger partial charge in [-0.15, -0.1) is 6.58 Å². The summed E-state index contributed by atoms with van der Waals surface area (Å²) in [6, 6.07) is 11.4. The van der Waals surface area contributed by atoms with Gasteiger partial charge in [0.25, 0.3) is 11.7 Å². The molecule has 1 amide bonds. The lowest BCUT2D eigenvalue weighted by molar-refractivity contribution is -0.139. The Balaban J connectivity index is 2.18. The molecule has 1 aliphatic rings. The lowest BCUT2D eigenvalue weighted by atomic mass is 9.95. The number of carbonyl (C=O) groups excluding carboxylic acids is 2. The molecule has 0 unspecified atom stereocenters. The molecule has 1 saturated heterocycles. The van der Waals surface area contributed by atoms with E-state index >= 15 is 0 Å². The molecule has 0 aromatic heterocycles. The van der Waals surface area contributed by atoms with Crippen LogP contribution in [0.25, 0.3) is 5.76 Å². The fourth-order valence-corrected chi connectivity index (χ4v) is 3.23. The highest BCUT2D eigenvalue weighted by atomic mass is 79.9. The molecule has 2 aromatic rings. The number of aliphatic hydroxyl groups excluding tert-OH is 1. The van der Waals surface area contributed by atoms with Crippen LogP contribution in [0.4, 0.5) is 4.39 Å². The van der Waals surface area contributed by atoms with E-state index in [9.17, 15) is 19.1 Å². The molecule has 2 aromatic carbocycles. The number of halogens is 2. The maximum Gasteiger partial charge on any atom is 0.295 e. The molecule has 4 nitrogen and oxygen atoms in total. The SMILES string of the molecule is C=CCN1C(=O)C(=O)/C(=C(/O)c2ccc(Br)cc2)[C@H]1c1ccc(F)cc1. The minimum atomic E-state index is -0.808. The third-order valence-corrected chi connectivity index (χ3v) is 4.70. The van der Waals surface area contributed by atoms with Crippen LogP contribution in [-0.4, -0.2) is 28.2 Å². The first-order chi connectivity index (χ1) is 12.4. The Kier molecular flexibility index (Phi) is 5.04. The third-order valence-electron chi connectivity index (χ3n) is 4.17. The molecular weight excluding hydrogens is 401 g/mol. The van der Waals surface area contributed by atoms with Gasteiger partial charge in [0.1, 0.15) is 11.6 Å². The molecular formula is C20H15BrFNO3. The van der Waals surface area contributed by atoms with Crippen molar-refractivity contribution in [2.45, 2.75) is 6.04 Å². The summed E-state index contributed by atoms with van der Waals surface area (Å²) in [4.78, 5) is 26.4. The van der Waals surface area contributed by atoms with Gasteiger partial charge in [0, 0.05) is 16.6 Å². The van der Waals surface area contributed by atoms with Gasteiger partial charge >= 0.3 is 0 Å². The van der Waals surface area contributed by atoms with Gasteiger partial charge in [0.15, 0.2) is 0 Å². The Morgan fingerprint density at radius 2 is 1.77 bits per heavy atom. The quantitative estimate of drug-likeness (QED) is 0.352. The Bertz CT molecular complexity index is 904. The second-order valence-electron chi connectivity index (χ2n) is 5.80. The number of benzene rings is 2. The van der Waals surface area contributed by atoms with Crippen LogP contribution >= 0.6 is 15.9 Å². The van der Waals surface area contributed by atoms with E-state index in [4.69, 9.17) is 0 Å². The van der Waals surface area contributed by atoms with Crippen molar-refractivity contribution in [2.24, 2.45) is 0 Å². The topological polar surface area (TPSA) is 57.6 Å². The molecule has 3 rings (SSSR count). The summed E-state index contributed by atoms with van der Waals surface area (Å²) in [5.41, 5.74) is 0.925. The zero-order chi connectivity index (χ0) is 18.8. The monoisotopic (exact) mass is 415 g/mol. The second kappa shape index (κ2) is 7.25. The van der Waals surface area contributed by atoms with E-state index in [1.807, 2.05) is 0 Å². The highest BCUT2D eigenvalue weighted by Gasteiger charge is 2.45. The summed E-state index contributed by atoms with van der Waals surface area (Å²) in [5.74, 6) is -2.20. The van der Waals surface area contributed by atoms with Crippen molar-refractivity contribution in [2.75, 3.05) is 6.54 Å². The standard InChI is InChI=1S/C20H15BrFNO3/c1-2-11-23-17(12-5-9-15(22)10-6-12)16(19(25)20(23)26)18(24)13-3-7-14(21)8-4-13/h2-10,17,24H,1,11H2/b18-16+/t17-/m1/s1. The number of hydrogen-bond acceptors (Lipinski definition) is 3. The summed E-state index contributed by atoms with van der Waals surface area (Å²) < 4.78 is 14.1. The van der Waals surface area contributed by atoms with E-state index < -0.39 is 23.5 Å². The van der Waals surface area contributed by atoms with Crippen molar-refractivity contribution < 1.29 is 19.1 Å². The molecule has 1 N–H and O–H groups in total. The van der Waals surface area contributed by atoms with Crippen molar-refractivity contribution in [3.05, 3.63) is 88.2 Å². The van der Waals surface area contributed by atoms with Crippen molar-refractivity contribution in [1.29, 1.82) is 0 Å². The summed E-state index contributed by atoms with van der Waals surface area (Å²) in [5, 5.41) is 10.7. The van der Waals surface area contributed by atoms with E-state index in [2.05, 4.69) is 22.5 Å². The minimum Gasteiger partial charge on any atom is -0.507 e. The Labute approximate surface area is 158 Å². The molecule has 26 heavy (non-hydrogen) atoms. The predicted octanol–water partition coefficient (Wildman–Crippen LogP) is 4.20. The van der Waals surface area contributed by atoms with E-state index in [0.717, 1.165) is 4.47 Å². The molecule has 1 atom stereocenters.